The van der Waals surface area contributed by atoms with Gasteiger partial charge in [0.15, 0.2) is 0 Å². The van der Waals surface area contributed by atoms with E-state index < -0.39 is 0 Å². The lowest BCUT2D eigenvalue weighted by molar-refractivity contribution is -0.133. The monoisotopic (exact) mass is 408 g/mol. The molecule has 4 heterocycles. The van der Waals surface area contributed by atoms with Crippen molar-refractivity contribution in [2.75, 3.05) is 44.2 Å². The molecule has 3 saturated heterocycles. The van der Waals surface area contributed by atoms with Crippen LogP contribution >= 0.6 is 0 Å². The number of piperazine rings is 1. The number of piperidine rings is 2. The summed E-state index contributed by atoms with van der Waals surface area (Å²) in [5.74, 6) is 2.67. The van der Waals surface area contributed by atoms with Crippen molar-refractivity contribution in [3.8, 4) is 6.07 Å². The minimum atomic E-state index is 0.192. The molecular formula is C23H32N6O. The highest BCUT2D eigenvalue weighted by Gasteiger charge is 2.47. The lowest BCUT2D eigenvalue weighted by Crippen LogP contribution is -2.64. The molecule has 1 amide bonds. The van der Waals surface area contributed by atoms with Crippen LogP contribution in [0.15, 0.2) is 18.2 Å². The Morgan fingerprint density at radius 2 is 2.03 bits per heavy atom. The molecule has 5 atom stereocenters. The van der Waals surface area contributed by atoms with Gasteiger partial charge in [-0.2, -0.15) is 5.26 Å². The van der Waals surface area contributed by atoms with E-state index >= 15 is 0 Å². The van der Waals surface area contributed by atoms with Crippen LogP contribution in [0.5, 0.6) is 0 Å². The molecule has 4 aliphatic rings. The van der Waals surface area contributed by atoms with Gasteiger partial charge in [-0.1, -0.05) is 6.07 Å². The van der Waals surface area contributed by atoms with Crippen LogP contribution in [-0.2, 0) is 4.79 Å². The Morgan fingerprint density at radius 3 is 2.87 bits per heavy atom. The topological polar surface area (TPSA) is 84.3 Å². The standard InChI is InChI=1S/C23H32N6O/c24-14-17-3-1-5-21(26-17)29-11-9-28(10-12-29)15-16-6-7-18-20(13-16)27-23(30)19-4-2-8-25-22(18)19/h1,3,5,16,18-20,22,25H,2,4,6-13,15H2,(H,27,30). The van der Waals surface area contributed by atoms with Gasteiger partial charge in [0.05, 0.1) is 5.92 Å². The molecule has 7 nitrogen and oxygen atoms in total. The van der Waals surface area contributed by atoms with Gasteiger partial charge in [0.1, 0.15) is 17.6 Å². The number of carbonyl (C=O) groups excluding carboxylic acids is 1. The third kappa shape index (κ3) is 3.91. The van der Waals surface area contributed by atoms with Gasteiger partial charge in [0, 0.05) is 44.8 Å². The minimum Gasteiger partial charge on any atom is -0.354 e. The second kappa shape index (κ2) is 8.52. The number of carbonyl (C=O) groups is 1. The molecule has 1 saturated carbocycles. The highest BCUT2D eigenvalue weighted by molar-refractivity contribution is 5.81. The number of anilines is 1. The van der Waals surface area contributed by atoms with E-state index in [9.17, 15) is 4.79 Å². The molecule has 30 heavy (non-hydrogen) atoms. The quantitative estimate of drug-likeness (QED) is 0.786. The number of hydrogen-bond donors (Lipinski definition) is 2. The van der Waals surface area contributed by atoms with Gasteiger partial charge < -0.3 is 15.5 Å². The van der Waals surface area contributed by atoms with E-state index in [2.05, 4.69) is 31.5 Å². The maximum absolute atomic E-state index is 12.6. The molecule has 7 heteroatoms. The van der Waals surface area contributed by atoms with Crippen LogP contribution in [0, 0.1) is 29.1 Å². The highest BCUT2D eigenvalue weighted by atomic mass is 16.2. The van der Waals surface area contributed by atoms with Crippen molar-refractivity contribution < 1.29 is 4.79 Å². The molecule has 0 radical (unpaired) electrons. The average Bonchev–Trinajstić information content (AvgIpc) is 2.80. The first-order valence-corrected chi connectivity index (χ1v) is 11.6. The maximum Gasteiger partial charge on any atom is 0.224 e. The van der Waals surface area contributed by atoms with Crippen molar-refractivity contribution in [1.82, 2.24) is 20.5 Å². The summed E-state index contributed by atoms with van der Waals surface area (Å²) in [7, 11) is 0. The number of nitrogens with one attached hydrogen (secondary N) is 2. The fourth-order valence-corrected chi connectivity index (χ4v) is 6.18. The van der Waals surface area contributed by atoms with Crippen LogP contribution in [0.4, 0.5) is 5.82 Å². The second-order valence-corrected chi connectivity index (χ2v) is 9.47. The zero-order valence-corrected chi connectivity index (χ0v) is 17.6. The first kappa shape index (κ1) is 19.8. The van der Waals surface area contributed by atoms with Crippen LogP contribution in [-0.4, -0.2) is 67.1 Å². The maximum atomic E-state index is 12.6. The minimum absolute atomic E-state index is 0.192. The second-order valence-electron chi connectivity index (χ2n) is 9.47. The smallest absolute Gasteiger partial charge is 0.224 e. The van der Waals surface area contributed by atoms with Crippen molar-refractivity contribution in [3.05, 3.63) is 23.9 Å². The number of nitrogens with zero attached hydrogens (tertiary/aromatic N) is 4. The summed E-state index contributed by atoms with van der Waals surface area (Å²) in [6.07, 6.45) is 5.79. The van der Waals surface area contributed by atoms with Crippen LogP contribution in [0.25, 0.3) is 0 Å². The number of amides is 1. The van der Waals surface area contributed by atoms with Crippen molar-refractivity contribution >= 4 is 11.7 Å². The summed E-state index contributed by atoms with van der Waals surface area (Å²) in [5, 5.41) is 16.1. The summed E-state index contributed by atoms with van der Waals surface area (Å²) >= 11 is 0. The lowest BCUT2D eigenvalue weighted by atomic mass is 9.67. The van der Waals surface area contributed by atoms with Crippen LogP contribution in [0.3, 0.4) is 0 Å². The van der Waals surface area contributed by atoms with Gasteiger partial charge in [0.2, 0.25) is 5.91 Å². The van der Waals surface area contributed by atoms with E-state index in [1.807, 2.05) is 12.1 Å². The number of pyridine rings is 1. The van der Waals surface area contributed by atoms with E-state index in [4.69, 9.17) is 5.26 Å². The summed E-state index contributed by atoms with van der Waals surface area (Å²) in [6.45, 7) is 6.15. The molecular weight excluding hydrogens is 376 g/mol. The fraction of sp³-hybridized carbons (Fsp3) is 0.696. The first-order chi connectivity index (χ1) is 14.7. The Kier molecular flexibility index (Phi) is 5.62. The molecule has 3 aliphatic heterocycles. The van der Waals surface area contributed by atoms with Gasteiger partial charge in [-0.15, -0.1) is 0 Å². The Morgan fingerprint density at radius 1 is 1.17 bits per heavy atom. The van der Waals surface area contributed by atoms with Gasteiger partial charge in [-0.3, -0.25) is 9.69 Å². The van der Waals surface area contributed by atoms with Gasteiger partial charge >= 0.3 is 0 Å². The summed E-state index contributed by atoms with van der Waals surface area (Å²) < 4.78 is 0. The number of hydrogen-bond acceptors (Lipinski definition) is 6. The fourth-order valence-electron chi connectivity index (χ4n) is 6.18. The molecule has 5 unspecified atom stereocenters. The molecule has 2 N–H and O–H groups in total. The molecule has 160 valence electrons. The zero-order valence-electron chi connectivity index (χ0n) is 17.6. The van der Waals surface area contributed by atoms with Crippen LogP contribution in [0.1, 0.15) is 37.8 Å². The molecule has 5 rings (SSSR count). The summed E-state index contributed by atoms with van der Waals surface area (Å²) in [4.78, 5) is 21.9. The zero-order chi connectivity index (χ0) is 20.5. The van der Waals surface area contributed by atoms with E-state index in [0.717, 1.165) is 64.3 Å². The molecule has 0 bridgehead atoms. The first-order valence-electron chi connectivity index (χ1n) is 11.6. The Bertz CT molecular complexity index is 814. The molecule has 1 aromatic rings. The summed E-state index contributed by atoms with van der Waals surface area (Å²) in [5.41, 5.74) is 0.482. The predicted molar refractivity (Wildman–Crippen MR) is 115 cm³/mol. The van der Waals surface area contributed by atoms with E-state index in [-0.39, 0.29) is 11.8 Å². The Balaban J connectivity index is 1.14. The van der Waals surface area contributed by atoms with Gasteiger partial charge in [-0.25, -0.2) is 4.98 Å². The SMILES string of the molecule is N#Cc1cccc(N2CCN(CC3CCC4C(C3)NC(=O)C3CCCNC34)CC2)n1. The van der Waals surface area contributed by atoms with E-state index in [0.29, 0.717) is 29.6 Å². The molecule has 1 aromatic heterocycles. The Hall–Kier alpha value is -2.17. The number of rotatable bonds is 3. The predicted octanol–water partition coefficient (Wildman–Crippen LogP) is 1.36. The van der Waals surface area contributed by atoms with E-state index in [1.165, 1.54) is 12.8 Å². The largest absolute Gasteiger partial charge is 0.354 e. The molecule has 0 aromatic carbocycles. The number of fused-ring (bicyclic) bond motifs is 3. The van der Waals surface area contributed by atoms with Crippen molar-refractivity contribution in [2.45, 2.75) is 44.2 Å². The van der Waals surface area contributed by atoms with Crippen LogP contribution < -0.4 is 15.5 Å². The van der Waals surface area contributed by atoms with Crippen molar-refractivity contribution in [1.29, 1.82) is 5.26 Å². The highest BCUT2D eigenvalue weighted by Crippen LogP contribution is 2.39. The third-order valence-electron chi connectivity index (χ3n) is 7.71. The Labute approximate surface area is 178 Å². The summed E-state index contributed by atoms with van der Waals surface area (Å²) in [6, 6.07) is 8.54. The van der Waals surface area contributed by atoms with Crippen molar-refractivity contribution in [3.63, 3.8) is 0 Å². The normalized spacial score (nSPS) is 34.4. The molecule has 0 spiro atoms. The van der Waals surface area contributed by atoms with Crippen LogP contribution in [0.2, 0.25) is 0 Å². The average molecular weight is 409 g/mol. The van der Waals surface area contributed by atoms with Gasteiger partial charge in [-0.05, 0) is 62.6 Å². The van der Waals surface area contributed by atoms with Gasteiger partial charge in [0.25, 0.3) is 0 Å². The van der Waals surface area contributed by atoms with E-state index in [1.54, 1.807) is 6.07 Å². The number of aromatic nitrogens is 1. The lowest BCUT2D eigenvalue weighted by Gasteiger charge is -2.50. The molecule has 4 fully saturated rings. The third-order valence-corrected chi connectivity index (χ3v) is 7.71. The van der Waals surface area contributed by atoms with Crippen molar-refractivity contribution in [2.24, 2.45) is 17.8 Å². The number of nitriles is 1. The molecule has 1 aliphatic carbocycles.